The van der Waals surface area contributed by atoms with Gasteiger partial charge in [-0.1, -0.05) is 25.4 Å². The molecule has 0 unspecified atom stereocenters. The number of hydrogen-bond acceptors (Lipinski definition) is 6. The lowest BCUT2D eigenvalue weighted by molar-refractivity contribution is 0.0978. The zero-order valence-electron chi connectivity index (χ0n) is 17.5. The molecule has 0 atom stereocenters. The third kappa shape index (κ3) is 4.63. The number of halogens is 2. The van der Waals surface area contributed by atoms with Crippen molar-refractivity contribution in [3.63, 3.8) is 0 Å². The summed E-state index contributed by atoms with van der Waals surface area (Å²) < 4.78 is 26.7. The normalized spacial score (nSPS) is 14.1. The number of pyridine rings is 1. The molecule has 1 aliphatic rings. The van der Waals surface area contributed by atoms with Crippen LogP contribution < -0.4 is 9.46 Å². The number of hydrogen-bond donors (Lipinski definition) is 1. The van der Waals surface area contributed by atoms with E-state index < -0.39 is 11.7 Å². The second-order valence-electron chi connectivity index (χ2n) is 7.84. The summed E-state index contributed by atoms with van der Waals surface area (Å²) in [5, 5.41) is 5.53. The highest BCUT2D eigenvalue weighted by Gasteiger charge is 2.21. The number of ether oxygens (including phenoxy) is 1. The van der Waals surface area contributed by atoms with E-state index in [9.17, 15) is 9.18 Å². The molecule has 0 bridgehead atoms. The Kier molecular flexibility index (Phi) is 6.36. The molecule has 0 aliphatic carbocycles. The van der Waals surface area contributed by atoms with Crippen molar-refractivity contribution in [3.05, 3.63) is 46.5 Å². The van der Waals surface area contributed by atoms with Crippen LogP contribution in [0, 0.1) is 18.7 Å². The molecular weight excluding hydrogens is 441 g/mol. The van der Waals surface area contributed by atoms with Crippen molar-refractivity contribution in [2.45, 2.75) is 27.2 Å². The van der Waals surface area contributed by atoms with Crippen LogP contribution in [0.15, 0.2) is 24.4 Å². The average Bonchev–Trinajstić information content (AvgIpc) is 3.00. The van der Waals surface area contributed by atoms with Crippen LogP contribution in [0.1, 0.15) is 36.3 Å². The van der Waals surface area contributed by atoms with E-state index >= 15 is 0 Å². The molecule has 1 fully saturated rings. The minimum atomic E-state index is -0.619. The highest BCUT2D eigenvalue weighted by atomic mass is 35.5. The van der Waals surface area contributed by atoms with Crippen molar-refractivity contribution in [2.24, 2.45) is 5.92 Å². The topological polar surface area (TPSA) is 72.3 Å². The van der Waals surface area contributed by atoms with Gasteiger partial charge in [-0.15, -0.1) is 0 Å². The van der Waals surface area contributed by atoms with Gasteiger partial charge in [-0.3, -0.25) is 9.52 Å². The molecule has 1 aromatic carbocycles. The fourth-order valence-corrected chi connectivity index (χ4v) is 4.06. The Morgan fingerprint density at radius 2 is 2.13 bits per heavy atom. The molecule has 3 heterocycles. The van der Waals surface area contributed by atoms with Gasteiger partial charge in [0.1, 0.15) is 10.8 Å². The Bertz CT molecular complexity index is 1130. The summed E-state index contributed by atoms with van der Waals surface area (Å²) in [5.41, 5.74) is 1.74. The lowest BCUT2D eigenvalue weighted by Gasteiger charge is -2.28. The summed E-state index contributed by atoms with van der Waals surface area (Å²) in [6, 6.07) is 4.53. The average molecular weight is 464 g/mol. The number of carbonyl (C=O) groups is 1. The minimum absolute atomic E-state index is 0.0169. The fraction of sp³-hybridized carbons (Fsp3) is 0.381. The summed E-state index contributed by atoms with van der Waals surface area (Å²) in [4.78, 5) is 16.8. The van der Waals surface area contributed by atoms with Crippen LogP contribution in [-0.2, 0) is 0 Å². The van der Waals surface area contributed by atoms with E-state index in [1.54, 1.807) is 16.9 Å². The van der Waals surface area contributed by atoms with E-state index in [1.807, 2.05) is 25.1 Å². The van der Waals surface area contributed by atoms with Crippen LogP contribution in [0.25, 0.3) is 16.6 Å². The van der Waals surface area contributed by atoms with Gasteiger partial charge in [0.15, 0.2) is 0 Å². The minimum Gasteiger partial charge on any atom is -0.476 e. The number of nitrogens with zero attached hydrogens (tertiary/aromatic N) is 4. The molecule has 1 N–H and O–H groups in total. The number of aromatic nitrogens is 3. The highest BCUT2D eigenvalue weighted by Crippen LogP contribution is 2.29. The van der Waals surface area contributed by atoms with Crippen LogP contribution >= 0.6 is 23.7 Å². The number of nitrogens with one attached hydrogen (secondary N) is 1. The van der Waals surface area contributed by atoms with Gasteiger partial charge in [-0.25, -0.2) is 18.4 Å². The first kappa shape index (κ1) is 21.9. The first-order chi connectivity index (χ1) is 14.8. The van der Waals surface area contributed by atoms with Crippen LogP contribution in [0.4, 0.5) is 4.39 Å². The van der Waals surface area contributed by atoms with Crippen molar-refractivity contribution in [1.29, 1.82) is 0 Å². The van der Waals surface area contributed by atoms with Gasteiger partial charge in [-0.05, 0) is 31.4 Å². The lowest BCUT2D eigenvalue weighted by Crippen LogP contribution is -2.35. The first-order valence-corrected chi connectivity index (χ1v) is 11.2. The molecule has 3 aromatic rings. The largest absolute Gasteiger partial charge is 0.476 e. The molecule has 0 saturated carbocycles. The summed E-state index contributed by atoms with van der Waals surface area (Å²) in [7, 11) is 0. The van der Waals surface area contributed by atoms with E-state index in [0.29, 0.717) is 45.7 Å². The maximum Gasteiger partial charge on any atom is 0.265 e. The molecular formula is C21H23ClFN5O2S. The smallest absolute Gasteiger partial charge is 0.265 e. The summed E-state index contributed by atoms with van der Waals surface area (Å²) in [6.45, 7) is 8.21. The highest BCUT2D eigenvalue weighted by molar-refractivity contribution is 7.95. The van der Waals surface area contributed by atoms with Crippen molar-refractivity contribution in [2.75, 3.05) is 19.7 Å². The van der Waals surface area contributed by atoms with Gasteiger partial charge in [0, 0.05) is 36.7 Å². The maximum absolute atomic E-state index is 14.8. The molecule has 1 amide bonds. The van der Waals surface area contributed by atoms with Gasteiger partial charge in [0.25, 0.3) is 5.91 Å². The molecule has 1 saturated heterocycles. The van der Waals surface area contributed by atoms with Gasteiger partial charge in [-0.2, -0.15) is 5.10 Å². The summed E-state index contributed by atoms with van der Waals surface area (Å²) in [6.07, 6.45) is 2.68. The van der Waals surface area contributed by atoms with Crippen LogP contribution in [0.5, 0.6) is 5.88 Å². The Balaban J connectivity index is 1.63. The van der Waals surface area contributed by atoms with E-state index in [0.717, 1.165) is 19.5 Å². The van der Waals surface area contributed by atoms with Crippen molar-refractivity contribution < 1.29 is 13.9 Å². The van der Waals surface area contributed by atoms with E-state index in [-0.39, 0.29) is 5.56 Å². The molecule has 10 heteroatoms. The Labute approximate surface area is 189 Å². The molecule has 0 radical (unpaired) electrons. The number of fused-ring (bicyclic) bond motifs is 1. The number of carbonyl (C=O) groups excluding carboxylic acids is 1. The number of aryl methyl sites for hydroxylation is 1. The van der Waals surface area contributed by atoms with E-state index in [2.05, 4.69) is 14.8 Å². The van der Waals surface area contributed by atoms with Crippen LogP contribution in [0.2, 0.25) is 5.02 Å². The summed E-state index contributed by atoms with van der Waals surface area (Å²) >= 11 is 7.54. The second kappa shape index (κ2) is 9.02. The van der Waals surface area contributed by atoms with E-state index in [1.165, 1.54) is 24.3 Å². The predicted molar refractivity (Wildman–Crippen MR) is 120 cm³/mol. The zero-order chi connectivity index (χ0) is 22.1. The van der Waals surface area contributed by atoms with Gasteiger partial charge in [0.05, 0.1) is 35.3 Å². The van der Waals surface area contributed by atoms with E-state index in [4.69, 9.17) is 16.3 Å². The molecule has 164 valence electrons. The SMILES string of the molecule is Cc1nn(-c2cnc(OCC(C)C)c(Cl)c2)c2cc(F)c(C(=O)NSN3CCC3)cc12. The number of rotatable bonds is 7. The third-order valence-electron chi connectivity index (χ3n) is 4.87. The third-order valence-corrected chi connectivity index (χ3v) is 6.04. The standard InChI is InChI=1S/C21H23ClFN5O2S/c1-12(2)11-30-21-17(22)7-14(10-24-21)28-19-9-18(23)16(8-15(19)13(3)25-28)20(29)26-31-27-5-4-6-27/h7-10,12H,4-6,11H2,1-3H3,(H,26,29). The summed E-state index contributed by atoms with van der Waals surface area (Å²) in [5.74, 6) is -0.405. The fourth-order valence-electron chi connectivity index (χ4n) is 3.08. The molecule has 31 heavy (non-hydrogen) atoms. The Morgan fingerprint density at radius 3 is 2.77 bits per heavy atom. The molecule has 1 aliphatic heterocycles. The van der Waals surface area contributed by atoms with Crippen molar-refractivity contribution in [3.8, 4) is 11.6 Å². The quantitative estimate of drug-likeness (QED) is 0.518. The van der Waals surface area contributed by atoms with Gasteiger partial charge < -0.3 is 4.74 Å². The second-order valence-corrected chi connectivity index (χ2v) is 9.15. The molecule has 4 rings (SSSR count). The Hall–Kier alpha value is -2.36. The maximum atomic E-state index is 14.8. The monoisotopic (exact) mass is 463 g/mol. The number of amides is 1. The Morgan fingerprint density at radius 1 is 1.35 bits per heavy atom. The van der Waals surface area contributed by atoms with Crippen LogP contribution in [0.3, 0.4) is 0 Å². The molecule has 0 spiro atoms. The predicted octanol–water partition coefficient (Wildman–Crippen LogP) is 4.55. The zero-order valence-corrected chi connectivity index (χ0v) is 19.1. The lowest BCUT2D eigenvalue weighted by atomic mass is 10.1. The number of benzene rings is 1. The van der Waals surface area contributed by atoms with Crippen LogP contribution in [-0.4, -0.2) is 44.7 Å². The van der Waals surface area contributed by atoms with Crippen molar-refractivity contribution >= 4 is 40.5 Å². The molecule has 7 nitrogen and oxygen atoms in total. The van der Waals surface area contributed by atoms with Gasteiger partial charge in [0.2, 0.25) is 5.88 Å². The van der Waals surface area contributed by atoms with Crippen molar-refractivity contribution in [1.82, 2.24) is 23.8 Å². The molecule has 2 aromatic heterocycles. The first-order valence-electron chi connectivity index (χ1n) is 10.0. The van der Waals surface area contributed by atoms with Gasteiger partial charge >= 0.3 is 0 Å².